The first-order valence-electron chi connectivity index (χ1n) is 5.95. The molecule has 1 aromatic carbocycles. The topological polar surface area (TPSA) is 73.3 Å². The molecule has 108 valence electrons. The molecule has 0 spiro atoms. The molecule has 0 fully saturated rings. The van der Waals surface area contributed by atoms with E-state index in [9.17, 15) is 4.79 Å². The molecule has 21 heavy (non-hydrogen) atoms. The molecule has 1 aromatic heterocycles. The van der Waals surface area contributed by atoms with Crippen LogP contribution in [0.15, 0.2) is 29.6 Å². The number of carbonyl (C=O) groups is 1. The van der Waals surface area contributed by atoms with E-state index in [1.807, 2.05) is 6.26 Å². The van der Waals surface area contributed by atoms with E-state index in [2.05, 4.69) is 15.3 Å². The fourth-order valence-corrected chi connectivity index (χ4v) is 2.37. The average Bonchev–Trinajstić information content (AvgIpc) is 2.94. The van der Waals surface area contributed by atoms with Gasteiger partial charge < -0.3 is 14.8 Å². The Morgan fingerprint density at radius 1 is 1.38 bits per heavy atom. The molecule has 6 nitrogen and oxygen atoms in total. The Morgan fingerprint density at radius 3 is 2.95 bits per heavy atom. The predicted molar refractivity (Wildman–Crippen MR) is 79.3 cm³/mol. The van der Waals surface area contributed by atoms with Crippen LogP contribution >= 0.6 is 23.4 Å². The first kappa shape index (κ1) is 14.0. The number of rotatable bonds is 3. The number of ether oxygens (including phenoxy) is 2. The Morgan fingerprint density at radius 2 is 2.19 bits per heavy atom. The van der Waals surface area contributed by atoms with Crippen molar-refractivity contribution < 1.29 is 14.3 Å². The van der Waals surface area contributed by atoms with Crippen molar-refractivity contribution in [2.75, 3.05) is 18.4 Å². The molecule has 0 unspecified atom stereocenters. The van der Waals surface area contributed by atoms with E-state index in [1.165, 1.54) is 18.0 Å². The number of halogens is 1. The molecule has 8 heteroatoms. The van der Waals surface area contributed by atoms with Gasteiger partial charge in [-0.25, -0.2) is 9.97 Å². The van der Waals surface area contributed by atoms with Gasteiger partial charge in [-0.1, -0.05) is 23.4 Å². The molecule has 1 aliphatic rings. The van der Waals surface area contributed by atoms with Gasteiger partial charge in [0.2, 0.25) is 6.79 Å². The molecule has 0 bridgehead atoms. The summed E-state index contributed by atoms with van der Waals surface area (Å²) in [5.41, 5.74) is 0.793. The number of carbonyl (C=O) groups excluding carboxylic acids is 1. The number of anilines is 1. The first-order chi connectivity index (χ1) is 10.2. The summed E-state index contributed by atoms with van der Waals surface area (Å²) in [5.74, 6) is 0.859. The largest absolute Gasteiger partial charge is 0.454 e. The van der Waals surface area contributed by atoms with Crippen LogP contribution in [0.1, 0.15) is 10.4 Å². The Hall–Kier alpha value is -1.99. The van der Waals surface area contributed by atoms with Crippen molar-refractivity contribution >= 4 is 35.0 Å². The predicted octanol–water partition coefficient (Wildman–Crippen LogP) is 2.83. The van der Waals surface area contributed by atoms with Crippen LogP contribution in [-0.4, -0.2) is 28.9 Å². The Balaban J connectivity index is 1.80. The molecule has 2 aromatic rings. The summed E-state index contributed by atoms with van der Waals surface area (Å²) >= 11 is 7.35. The first-order valence-corrected chi connectivity index (χ1v) is 7.55. The van der Waals surface area contributed by atoms with Crippen molar-refractivity contribution in [3.05, 3.63) is 35.1 Å². The molecule has 0 radical (unpaired) electrons. The van der Waals surface area contributed by atoms with Crippen molar-refractivity contribution in [3.8, 4) is 11.5 Å². The van der Waals surface area contributed by atoms with Gasteiger partial charge >= 0.3 is 0 Å². The van der Waals surface area contributed by atoms with E-state index in [0.717, 1.165) is 0 Å². The second-order valence-corrected chi connectivity index (χ2v) is 5.21. The molecule has 2 heterocycles. The van der Waals surface area contributed by atoms with Crippen LogP contribution in [0.4, 0.5) is 5.69 Å². The molecule has 1 aliphatic heterocycles. The lowest BCUT2D eigenvalue weighted by molar-refractivity contribution is 0.102. The zero-order valence-corrected chi connectivity index (χ0v) is 12.5. The number of nitrogens with zero attached hydrogens (tertiary/aromatic N) is 2. The quantitative estimate of drug-likeness (QED) is 0.532. The van der Waals surface area contributed by atoms with Gasteiger partial charge in [-0.05, 0) is 18.4 Å². The van der Waals surface area contributed by atoms with E-state index in [4.69, 9.17) is 21.1 Å². The monoisotopic (exact) mass is 323 g/mol. The minimum absolute atomic E-state index is 0.118. The number of aromatic nitrogens is 2. The lowest BCUT2D eigenvalue weighted by atomic mass is 10.2. The second kappa shape index (κ2) is 5.79. The number of amides is 1. The fraction of sp³-hybridized carbons (Fsp3) is 0.154. The van der Waals surface area contributed by atoms with Gasteiger partial charge in [0.05, 0.1) is 5.56 Å². The minimum atomic E-state index is -0.383. The van der Waals surface area contributed by atoms with Gasteiger partial charge in [0.25, 0.3) is 5.91 Å². The summed E-state index contributed by atoms with van der Waals surface area (Å²) in [7, 11) is 0. The van der Waals surface area contributed by atoms with Gasteiger partial charge in [0, 0.05) is 18.0 Å². The third-order valence-electron chi connectivity index (χ3n) is 2.78. The number of hydrogen-bond donors (Lipinski definition) is 1. The summed E-state index contributed by atoms with van der Waals surface area (Å²) < 4.78 is 10.5. The van der Waals surface area contributed by atoms with Crippen molar-refractivity contribution in [1.82, 2.24) is 9.97 Å². The maximum atomic E-state index is 12.2. The molecule has 1 amide bonds. The van der Waals surface area contributed by atoms with Crippen molar-refractivity contribution in [1.29, 1.82) is 0 Å². The maximum Gasteiger partial charge on any atom is 0.260 e. The summed E-state index contributed by atoms with van der Waals surface area (Å²) in [6.07, 6.45) is 3.24. The second-order valence-electron chi connectivity index (χ2n) is 4.08. The summed E-state index contributed by atoms with van der Waals surface area (Å²) in [6, 6.07) is 5.13. The number of nitrogens with one attached hydrogen (secondary N) is 1. The maximum absolute atomic E-state index is 12.2. The zero-order chi connectivity index (χ0) is 14.8. The van der Waals surface area contributed by atoms with Gasteiger partial charge in [-0.15, -0.1) is 0 Å². The number of hydrogen-bond acceptors (Lipinski definition) is 6. The van der Waals surface area contributed by atoms with Crippen molar-refractivity contribution in [2.24, 2.45) is 0 Å². The van der Waals surface area contributed by atoms with Crippen LogP contribution in [0.25, 0.3) is 0 Å². The Bertz CT molecular complexity index is 711. The highest BCUT2D eigenvalue weighted by Crippen LogP contribution is 2.34. The standard InChI is InChI=1S/C13H10ClN3O3S/c1-21-13-15-5-8(11(14)17-13)12(18)16-7-2-3-9-10(4-7)20-6-19-9/h2-5H,6H2,1H3,(H,16,18). The van der Waals surface area contributed by atoms with Crippen molar-refractivity contribution in [3.63, 3.8) is 0 Å². The normalized spacial score (nSPS) is 12.3. The molecular weight excluding hydrogens is 314 g/mol. The third kappa shape index (κ3) is 2.88. The molecular formula is C13H10ClN3O3S. The van der Waals surface area contributed by atoms with E-state index < -0.39 is 0 Å². The number of benzene rings is 1. The SMILES string of the molecule is CSc1ncc(C(=O)Nc2ccc3c(c2)OCO3)c(Cl)n1. The van der Waals surface area contributed by atoms with Crippen molar-refractivity contribution in [2.45, 2.75) is 5.16 Å². The Labute approximate surface area is 129 Å². The van der Waals surface area contributed by atoms with Crippen LogP contribution in [0, 0.1) is 0 Å². The molecule has 3 rings (SSSR count). The van der Waals surface area contributed by atoms with Gasteiger partial charge in [0.15, 0.2) is 16.7 Å². The smallest absolute Gasteiger partial charge is 0.260 e. The Kier molecular flexibility index (Phi) is 3.85. The van der Waals surface area contributed by atoms with Crippen LogP contribution in [0.5, 0.6) is 11.5 Å². The molecule has 0 atom stereocenters. The molecule has 0 saturated carbocycles. The zero-order valence-electron chi connectivity index (χ0n) is 10.9. The van der Waals surface area contributed by atoms with Crippen LogP contribution in [0.2, 0.25) is 5.15 Å². The van der Waals surface area contributed by atoms with Crippen LogP contribution in [-0.2, 0) is 0 Å². The van der Waals surface area contributed by atoms with E-state index in [-0.39, 0.29) is 23.4 Å². The van der Waals surface area contributed by atoms with Gasteiger partial charge in [0.1, 0.15) is 5.15 Å². The summed E-state index contributed by atoms with van der Waals surface area (Å²) in [6.45, 7) is 0.183. The van der Waals surface area contributed by atoms with E-state index in [1.54, 1.807) is 18.2 Å². The van der Waals surface area contributed by atoms with Gasteiger partial charge in [-0.3, -0.25) is 4.79 Å². The van der Waals surface area contributed by atoms with Crippen LogP contribution in [0.3, 0.4) is 0 Å². The lowest BCUT2D eigenvalue weighted by Crippen LogP contribution is -2.13. The van der Waals surface area contributed by atoms with Gasteiger partial charge in [-0.2, -0.15) is 0 Å². The molecule has 1 N–H and O–H groups in total. The highest BCUT2D eigenvalue weighted by atomic mass is 35.5. The van der Waals surface area contributed by atoms with Crippen LogP contribution < -0.4 is 14.8 Å². The fourth-order valence-electron chi connectivity index (χ4n) is 1.77. The van der Waals surface area contributed by atoms with E-state index >= 15 is 0 Å². The highest BCUT2D eigenvalue weighted by molar-refractivity contribution is 7.98. The highest BCUT2D eigenvalue weighted by Gasteiger charge is 2.17. The number of fused-ring (bicyclic) bond motifs is 1. The average molecular weight is 324 g/mol. The van der Waals surface area contributed by atoms with E-state index in [0.29, 0.717) is 22.3 Å². The molecule has 0 saturated heterocycles. The molecule has 0 aliphatic carbocycles. The minimum Gasteiger partial charge on any atom is -0.454 e. The number of thioether (sulfide) groups is 1. The summed E-state index contributed by atoms with van der Waals surface area (Å²) in [5, 5.41) is 3.35. The lowest BCUT2D eigenvalue weighted by Gasteiger charge is -2.07. The third-order valence-corrected chi connectivity index (χ3v) is 3.63. The summed E-state index contributed by atoms with van der Waals surface area (Å²) in [4.78, 5) is 20.2.